The molecule has 2 aromatic rings. The van der Waals surface area contributed by atoms with Crippen LogP contribution in [0.3, 0.4) is 0 Å². The second kappa shape index (κ2) is 6.84. The number of cyclic esters (lactones) is 1. The van der Waals surface area contributed by atoms with E-state index >= 15 is 0 Å². The molecule has 3 rings (SSSR count). The number of ether oxygens (including phenoxy) is 2. The molecule has 0 fully saturated rings. The molecule has 1 aromatic carbocycles. The summed E-state index contributed by atoms with van der Waals surface area (Å²) in [5.74, 6) is -0.177. The first-order valence-electron chi connectivity index (χ1n) is 7.13. The van der Waals surface area contributed by atoms with Crippen molar-refractivity contribution < 1.29 is 23.5 Å². The van der Waals surface area contributed by atoms with E-state index in [9.17, 15) is 9.59 Å². The Morgan fingerprint density at radius 2 is 2.21 bits per heavy atom. The first-order chi connectivity index (χ1) is 11.6. The van der Waals surface area contributed by atoms with Crippen molar-refractivity contribution in [2.75, 3.05) is 0 Å². The zero-order chi connectivity index (χ0) is 17.1. The van der Waals surface area contributed by atoms with Gasteiger partial charge in [0, 0.05) is 16.5 Å². The first kappa shape index (κ1) is 16.2. The van der Waals surface area contributed by atoms with E-state index in [4.69, 9.17) is 13.9 Å². The van der Waals surface area contributed by atoms with Gasteiger partial charge in [-0.2, -0.15) is 0 Å². The molecule has 1 aliphatic rings. The quantitative estimate of drug-likeness (QED) is 0.452. The van der Waals surface area contributed by atoms with Gasteiger partial charge in [-0.15, -0.1) is 0 Å². The van der Waals surface area contributed by atoms with E-state index in [0.29, 0.717) is 17.1 Å². The van der Waals surface area contributed by atoms with Crippen LogP contribution in [0.25, 0.3) is 6.08 Å². The molecule has 122 valence electrons. The maximum Gasteiger partial charge on any atom is 0.363 e. The molecule has 0 radical (unpaired) electrons. The molecule has 0 spiro atoms. The van der Waals surface area contributed by atoms with E-state index in [2.05, 4.69) is 20.9 Å². The third-order valence-corrected chi connectivity index (χ3v) is 3.62. The second-order valence-electron chi connectivity index (χ2n) is 4.82. The Kier molecular flexibility index (Phi) is 4.61. The van der Waals surface area contributed by atoms with Crippen LogP contribution in [0.5, 0.6) is 5.75 Å². The lowest BCUT2D eigenvalue weighted by Gasteiger charge is -2.07. The first-order valence-corrected chi connectivity index (χ1v) is 7.93. The summed E-state index contributed by atoms with van der Waals surface area (Å²) in [5.41, 5.74) is 0.621. The van der Waals surface area contributed by atoms with Crippen LogP contribution in [0.2, 0.25) is 0 Å². The van der Waals surface area contributed by atoms with Crippen LogP contribution in [-0.2, 0) is 14.3 Å². The smallest absolute Gasteiger partial charge is 0.363 e. The van der Waals surface area contributed by atoms with Gasteiger partial charge in [0.05, 0.1) is 6.26 Å². The molecule has 0 amide bonds. The summed E-state index contributed by atoms with van der Waals surface area (Å²) in [6.45, 7) is 1.70. The summed E-state index contributed by atoms with van der Waals surface area (Å²) >= 11 is 3.35. The predicted octanol–water partition coefficient (Wildman–Crippen LogP) is 3.70. The van der Waals surface area contributed by atoms with Gasteiger partial charge in [-0.3, -0.25) is 4.79 Å². The zero-order valence-corrected chi connectivity index (χ0v) is 14.2. The normalized spacial score (nSPS) is 15.3. The molecule has 1 aromatic heterocycles. The molecule has 7 heteroatoms. The molecular formula is C17H12BrNO5. The highest BCUT2D eigenvalue weighted by molar-refractivity contribution is 9.10. The van der Waals surface area contributed by atoms with Crippen molar-refractivity contribution in [1.29, 1.82) is 0 Å². The highest BCUT2D eigenvalue weighted by atomic mass is 79.9. The Balaban J connectivity index is 1.97. The van der Waals surface area contributed by atoms with Crippen molar-refractivity contribution in [3.8, 4) is 5.75 Å². The molecule has 0 unspecified atom stereocenters. The van der Waals surface area contributed by atoms with E-state index in [0.717, 1.165) is 4.47 Å². The molecule has 0 atom stereocenters. The van der Waals surface area contributed by atoms with Crippen LogP contribution in [0.4, 0.5) is 0 Å². The molecule has 0 N–H and O–H groups in total. The number of esters is 2. The fourth-order valence-electron chi connectivity index (χ4n) is 1.98. The van der Waals surface area contributed by atoms with Gasteiger partial charge in [0.15, 0.2) is 11.5 Å². The summed E-state index contributed by atoms with van der Waals surface area (Å²) in [6, 6.07) is 8.41. The third kappa shape index (κ3) is 3.46. The fraction of sp³-hybridized carbons (Fsp3) is 0.118. The topological polar surface area (TPSA) is 78.1 Å². The summed E-state index contributed by atoms with van der Waals surface area (Å²) in [7, 11) is 0. The van der Waals surface area contributed by atoms with Gasteiger partial charge in [-0.25, -0.2) is 9.79 Å². The number of carbonyl (C=O) groups excluding carboxylic acids is 2. The number of benzene rings is 1. The van der Waals surface area contributed by atoms with E-state index in [1.54, 1.807) is 37.3 Å². The number of hydrogen-bond donors (Lipinski definition) is 0. The van der Waals surface area contributed by atoms with Crippen molar-refractivity contribution in [3.05, 3.63) is 58.1 Å². The van der Waals surface area contributed by atoms with Crippen LogP contribution in [0, 0.1) is 0 Å². The molecule has 24 heavy (non-hydrogen) atoms. The van der Waals surface area contributed by atoms with Gasteiger partial charge < -0.3 is 13.9 Å². The SMILES string of the molecule is CCC(=O)Oc1ccc(Br)cc1/C=C1/N=C(c2ccco2)OC1=O. The van der Waals surface area contributed by atoms with Crippen molar-refractivity contribution in [2.24, 2.45) is 4.99 Å². The molecule has 2 heterocycles. The highest BCUT2D eigenvalue weighted by Crippen LogP contribution is 2.28. The summed E-state index contributed by atoms with van der Waals surface area (Å²) in [4.78, 5) is 27.7. The number of carbonyl (C=O) groups is 2. The monoisotopic (exact) mass is 389 g/mol. The minimum atomic E-state index is -0.603. The predicted molar refractivity (Wildman–Crippen MR) is 89.4 cm³/mol. The fourth-order valence-corrected chi connectivity index (χ4v) is 2.36. The molecular weight excluding hydrogens is 378 g/mol. The molecule has 1 aliphatic heterocycles. The number of rotatable bonds is 4. The third-order valence-electron chi connectivity index (χ3n) is 3.13. The molecule has 0 saturated heterocycles. The lowest BCUT2D eigenvalue weighted by Crippen LogP contribution is -2.07. The van der Waals surface area contributed by atoms with Crippen molar-refractivity contribution in [1.82, 2.24) is 0 Å². The van der Waals surface area contributed by atoms with Gasteiger partial charge in [-0.05, 0) is 36.4 Å². The van der Waals surface area contributed by atoms with E-state index in [-0.39, 0.29) is 24.0 Å². The zero-order valence-electron chi connectivity index (χ0n) is 12.6. The number of nitrogens with zero attached hydrogens (tertiary/aromatic N) is 1. The number of aliphatic imine (C=N–C) groups is 1. The molecule has 6 nitrogen and oxygen atoms in total. The summed E-state index contributed by atoms with van der Waals surface area (Å²) < 4.78 is 16.3. The lowest BCUT2D eigenvalue weighted by molar-refractivity contribution is -0.134. The van der Waals surface area contributed by atoms with Gasteiger partial charge in [-0.1, -0.05) is 22.9 Å². The molecule has 0 saturated carbocycles. The summed E-state index contributed by atoms with van der Waals surface area (Å²) in [5, 5.41) is 0. The minimum absolute atomic E-state index is 0.0910. The lowest BCUT2D eigenvalue weighted by atomic mass is 10.1. The van der Waals surface area contributed by atoms with Gasteiger partial charge >= 0.3 is 11.9 Å². The van der Waals surface area contributed by atoms with Crippen LogP contribution in [-0.4, -0.2) is 17.8 Å². The number of halogens is 1. The second-order valence-corrected chi connectivity index (χ2v) is 5.74. The molecule has 0 aliphatic carbocycles. The number of hydrogen-bond acceptors (Lipinski definition) is 6. The number of furan rings is 1. The van der Waals surface area contributed by atoms with Crippen molar-refractivity contribution in [2.45, 2.75) is 13.3 Å². The van der Waals surface area contributed by atoms with Crippen molar-refractivity contribution in [3.63, 3.8) is 0 Å². The minimum Gasteiger partial charge on any atom is -0.459 e. The van der Waals surface area contributed by atoms with Crippen LogP contribution >= 0.6 is 15.9 Å². The van der Waals surface area contributed by atoms with Gasteiger partial charge in [0.25, 0.3) is 5.90 Å². The maximum atomic E-state index is 12.0. The average molecular weight is 390 g/mol. The Hall–Kier alpha value is -2.67. The standard InChI is InChI=1S/C17H12BrNO5/c1-2-15(20)23-13-6-5-11(18)8-10(13)9-12-17(21)24-16(19-12)14-4-3-7-22-14/h3-9H,2H2,1H3/b12-9+. The summed E-state index contributed by atoms with van der Waals surface area (Å²) in [6.07, 6.45) is 3.21. The van der Waals surface area contributed by atoms with E-state index in [1.807, 2.05) is 0 Å². The Bertz CT molecular complexity index is 852. The van der Waals surface area contributed by atoms with Crippen LogP contribution in [0.15, 0.2) is 56.2 Å². The Labute approximate surface area is 145 Å². The van der Waals surface area contributed by atoms with Crippen LogP contribution in [0.1, 0.15) is 24.7 Å². The Morgan fingerprint density at radius 1 is 1.38 bits per heavy atom. The highest BCUT2D eigenvalue weighted by Gasteiger charge is 2.26. The largest absolute Gasteiger partial charge is 0.459 e. The van der Waals surface area contributed by atoms with E-state index in [1.165, 1.54) is 12.3 Å². The van der Waals surface area contributed by atoms with Gasteiger partial charge in [0.2, 0.25) is 0 Å². The van der Waals surface area contributed by atoms with Crippen molar-refractivity contribution >= 4 is 39.8 Å². The van der Waals surface area contributed by atoms with E-state index < -0.39 is 5.97 Å². The maximum absolute atomic E-state index is 12.0. The van der Waals surface area contributed by atoms with Gasteiger partial charge in [0.1, 0.15) is 5.75 Å². The average Bonchev–Trinajstić information content (AvgIpc) is 3.20. The Morgan fingerprint density at radius 3 is 2.92 bits per heavy atom. The van der Waals surface area contributed by atoms with Crippen LogP contribution < -0.4 is 4.74 Å². The molecule has 0 bridgehead atoms.